The maximum Gasteiger partial charge on any atom is 0.144 e. The molecule has 0 atom stereocenters. The molecule has 0 bridgehead atoms. The monoisotopic (exact) mass is 312 g/mol. The molecule has 4 heteroatoms. The highest BCUT2D eigenvalue weighted by Crippen LogP contribution is 2.40. The van der Waals surface area contributed by atoms with Crippen molar-refractivity contribution in [3.63, 3.8) is 0 Å². The Labute approximate surface area is 132 Å². The summed E-state index contributed by atoms with van der Waals surface area (Å²) in [6.45, 7) is 0. The SMILES string of the molecule is Oc1ccccc1C(O)(c1ccc(F)cc1)c1ccc(F)cc1. The number of aliphatic hydroxyl groups is 1. The highest BCUT2D eigenvalue weighted by Gasteiger charge is 2.36. The van der Waals surface area contributed by atoms with Crippen LogP contribution in [0.2, 0.25) is 0 Å². The fourth-order valence-corrected chi connectivity index (χ4v) is 2.64. The van der Waals surface area contributed by atoms with E-state index in [0.29, 0.717) is 11.1 Å². The fraction of sp³-hybridized carbons (Fsp3) is 0.0526. The first-order valence-corrected chi connectivity index (χ1v) is 7.05. The fourth-order valence-electron chi connectivity index (χ4n) is 2.64. The first kappa shape index (κ1) is 15.2. The van der Waals surface area contributed by atoms with Crippen molar-refractivity contribution >= 4 is 0 Å². The molecule has 0 aliphatic carbocycles. The molecular formula is C19H14F2O2. The second-order valence-electron chi connectivity index (χ2n) is 5.24. The standard InChI is InChI=1S/C19H14F2O2/c20-15-9-5-13(6-10-15)19(23,14-7-11-16(21)12-8-14)17-3-1-2-4-18(17)22/h1-12,22-23H. The van der Waals surface area contributed by atoms with Crippen LogP contribution < -0.4 is 0 Å². The Kier molecular flexibility index (Phi) is 3.84. The predicted molar refractivity (Wildman–Crippen MR) is 83.0 cm³/mol. The lowest BCUT2D eigenvalue weighted by molar-refractivity contribution is 0.122. The van der Waals surface area contributed by atoms with E-state index < -0.39 is 17.2 Å². The van der Waals surface area contributed by atoms with Crippen molar-refractivity contribution in [3.8, 4) is 5.75 Å². The summed E-state index contributed by atoms with van der Waals surface area (Å²) in [7, 11) is 0. The van der Waals surface area contributed by atoms with Gasteiger partial charge in [-0.05, 0) is 41.5 Å². The minimum absolute atomic E-state index is 0.108. The van der Waals surface area contributed by atoms with E-state index in [1.54, 1.807) is 18.2 Å². The van der Waals surface area contributed by atoms with Crippen molar-refractivity contribution in [2.75, 3.05) is 0 Å². The van der Waals surface area contributed by atoms with Gasteiger partial charge >= 0.3 is 0 Å². The summed E-state index contributed by atoms with van der Waals surface area (Å²) in [6, 6.07) is 17.0. The molecule has 3 aromatic carbocycles. The van der Waals surface area contributed by atoms with Crippen molar-refractivity contribution in [1.82, 2.24) is 0 Å². The van der Waals surface area contributed by atoms with Gasteiger partial charge in [0.25, 0.3) is 0 Å². The molecule has 3 aromatic rings. The van der Waals surface area contributed by atoms with Gasteiger partial charge in [-0.2, -0.15) is 0 Å². The Balaban J connectivity index is 2.27. The highest BCUT2D eigenvalue weighted by atomic mass is 19.1. The molecule has 116 valence electrons. The molecule has 2 N–H and O–H groups in total. The number of hydrogen-bond donors (Lipinski definition) is 2. The number of rotatable bonds is 3. The lowest BCUT2D eigenvalue weighted by Gasteiger charge is -2.30. The zero-order valence-electron chi connectivity index (χ0n) is 12.1. The summed E-state index contributed by atoms with van der Waals surface area (Å²) in [4.78, 5) is 0. The van der Waals surface area contributed by atoms with Crippen LogP contribution >= 0.6 is 0 Å². The number of aromatic hydroxyl groups is 1. The van der Waals surface area contributed by atoms with Gasteiger partial charge in [0, 0.05) is 5.56 Å². The number of phenolic OH excluding ortho intramolecular Hbond substituents is 1. The Bertz CT molecular complexity index is 766. The average molecular weight is 312 g/mol. The zero-order chi connectivity index (χ0) is 16.4. The van der Waals surface area contributed by atoms with Gasteiger partial charge in [0.05, 0.1) is 0 Å². The van der Waals surface area contributed by atoms with E-state index in [4.69, 9.17) is 0 Å². The van der Waals surface area contributed by atoms with E-state index in [2.05, 4.69) is 0 Å². The van der Waals surface area contributed by atoms with Crippen LogP contribution in [-0.4, -0.2) is 10.2 Å². The van der Waals surface area contributed by atoms with E-state index in [1.807, 2.05) is 0 Å². The molecule has 0 radical (unpaired) electrons. The van der Waals surface area contributed by atoms with E-state index in [1.165, 1.54) is 54.6 Å². The van der Waals surface area contributed by atoms with Gasteiger partial charge < -0.3 is 10.2 Å². The molecule has 0 aliphatic heterocycles. The van der Waals surface area contributed by atoms with Gasteiger partial charge in [0.1, 0.15) is 23.0 Å². The summed E-state index contributed by atoms with van der Waals surface area (Å²) in [6.07, 6.45) is 0. The molecule has 0 spiro atoms. The average Bonchev–Trinajstić information content (AvgIpc) is 2.56. The second kappa shape index (κ2) is 5.82. The van der Waals surface area contributed by atoms with Crippen LogP contribution in [0.15, 0.2) is 72.8 Å². The number of para-hydroxylation sites is 1. The number of halogens is 2. The lowest BCUT2D eigenvalue weighted by atomic mass is 9.80. The number of phenols is 1. The minimum Gasteiger partial charge on any atom is -0.508 e. The van der Waals surface area contributed by atoms with Crippen LogP contribution in [0.1, 0.15) is 16.7 Å². The van der Waals surface area contributed by atoms with Gasteiger partial charge in [0.15, 0.2) is 0 Å². The lowest BCUT2D eigenvalue weighted by Crippen LogP contribution is -2.29. The largest absolute Gasteiger partial charge is 0.508 e. The first-order valence-electron chi connectivity index (χ1n) is 7.05. The Morgan fingerprint density at radius 1 is 0.652 bits per heavy atom. The molecule has 0 saturated carbocycles. The molecule has 0 fully saturated rings. The molecule has 3 rings (SSSR count). The van der Waals surface area contributed by atoms with E-state index >= 15 is 0 Å². The zero-order valence-corrected chi connectivity index (χ0v) is 12.1. The van der Waals surface area contributed by atoms with E-state index in [-0.39, 0.29) is 11.3 Å². The molecule has 2 nitrogen and oxygen atoms in total. The molecule has 0 aromatic heterocycles. The summed E-state index contributed by atoms with van der Waals surface area (Å²) in [5.41, 5.74) is -0.760. The van der Waals surface area contributed by atoms with Crippen LogP contribution in [0, 0.1) is 11.6 Å². The maximum atomic E-state index is 13.2. The van der Waals surface area contributed by atoms with Gasteiger partial charge in [-0.25, -0.2) is 8.78 Å². The molecule has 23 heavy (non-hydrogen) atoms. The molecular weight excluding hydrogens is 298 g/mol. The molecule has 0 amide bonds. The molecule has 0 heterocycles. The smallest absolute Gasteiger partial charge is 0.144 e. The van der Waals surface area contributed by atoms with Crippen molar-refractivity contribution in [3.05, 3.63) is 101 Å². The van der Waals surface area contributed by atoms with Gasteiger partial charge in [-0.3, -0.25) is 0 Å². The minimum atomic E-state index is -1.73. The van der Waals surface area contributed by atoms with Crippen molar-refractivity contribution in [2.45, 2.75) is 5.60 Å². The van der Waals surface area contributed by atoms with Crippen LogP contribution in [0.25, 0.3) is 0 Å². The summed E-state index contributed by atoms with van der Waals surface area (Å²) in [5.74, 6) is -0.983. The Morgan fingerprint density at radius 3 is 1.52 bits per heavy atom. The molecule has 0 saturated heterocycles. The normalized spacial score (nSPS) is 11.4. The number of hydrogen-bond acceptors (Lipinski definition) is 2. The van der Waals surface area contributed by atoms with Crippen LogP contribution in [-0.2, 0) is 5.60 Å². The van der Waals surface area contributed by atoms with Crippen LogP contribution in [0.4, 0.5) is 8.78 Å². The Morgan fingerprint density at radius 2 is 1.09 bits per heavy atom. The quantitative estimate of drug-likeness (QED) is 0.719. The topological polar surface area (TPSA) is 40.5 Å². The highest BCUT2D eigenvalue weighted by molar-refractivity contribution is 5.51. The second-order valence-corrected chi connectivity index (χ2v) is 5.24. The van der Waals surface area contributed by atoms with E-state index in [0.717, 1.165) is 0 Å². The third-order valence-corrected chi connectivity index (χ3v) is 3.82. The number of benzene rings is 3. The van der Waals surface area contributed by atoms with Gasteiger partial charge in [-0.1, -0.05) is 42.5 Å². The van der Waals surface area contributed by atoms with Gasteiger partial charge in [-0.15, -0.1) is 0 Å². The van der Waals surface area contributed by atoms with Crippen LogP contribution in [0.3, 0.4) is 0 Å². The first-order chi connectivity index (χ1) is 11.0. The van der Waals surface area contributed by atoms with Crippen molar-refractivity contribution < 1.29 is 19.0 Å². The summed E-state index contributed by atoms with van der Waals surface area (Å²) in [5, 5.41) is 21.6. The van der Waals surface area contributed by atoms with Crippen molar-refractivity contribution in [2.24, 2.45) is 0 Å². The predicted octanol–water partition coefficient (Wildman–Crippen LogP) is 3.95. The summed E-state index contributed by atoms with van der Waals surface area (Å²) >= 11 is 0. The van der Waals surface area contributed by atoms with Gasteiger partial charge in [0.2, 0.25) is 0 Å². The third-order valence-electron chi connectivity index (χ3n) is 3.82. The maximum absolute atomic E-state index is 13.2. The van der Waals surface area contributed by atoms with Crippen LogP contribution in [0.5, 0.6) is 5.75 Å². The van der Waals surface area contributed by atoms with E-state index in [9.17, 15) is 19.0 Å². The summed E-state index contributed by atoms with van der Waals surface area (Å²) < 4.78 is 26.5. The third kappa shape index (κ3) is 2.69. The molecule has 0 unspecified atom stereocenters. The van der Waals surface area contributed by atoms with Crippen molar-refractivity contribution in [1.29, 1.82) is 0 Å². The Hall–Kier alpha value is -2.72. The molecule has 0 aliphatic rings.